The van der Waals surface area contributed by atoms with Crippen LogP contribution in [0.25, 0.3) is 11.3 Å². The zero-order chi connectivity index (χ0) is 15.0. The topological polar surface area (TPSA) is 48.0 Å². The first-order valence-corrected chi connectivity index (χ1v) is 7.66. The van der Waals surface area contributed by atoms with Gasteiger partial charge in [0.05, 0.1) is 11.4 Å². The van der Waals surface area contributed by atoms with E-state index in [1.165, 1.54) is 24.0 Å². The monoisotopic (exact) mass is 282 g/mol. The van der Waals surface area contributed by atoms with Crippen LogP contribution in [0.1, 0.15) is 42.9 Å². The molecule has 0 atom stereocenters. The summed E-state index contributed by atoms with van der Waals surface area (Å²) in [5.41, 5.74) is 10.7. The Bertz CT molecular complexity index is 724. The summed E-state index contributed by atoms with van der Waals surface area (Å²) in [4.78, 5) is 12.6. The van der Waals surface area contributed by atoms with Crippen LogP contribution >= 0.6 is 0 Å². The molecule has 0 radical (unpaired) electrons. The molecule has 1 fully saturated rings. The summed E-state index contributed by atoms with van der Waals surface area (Å²) in [7, 11) is 0. The highest BCUT2D eigenvalue weighted by Crippen LogP contribution is 2.33. The molecule has 3 nitrogen and oxygen atoms in total. The van der Waals surface area contributed by atoms with Crippen LogP contribution in [0, 0.1) is 13.8 Å². The van der Waals surface area contributed by atoms with Gasteiger partial charge in [0.1, 0.15) is 0 Å². The lowest BCUT2D eigenvalue weighted by Gasteiger charge is -2.21. The summed E-state index contributed by atoms with van der Waals surface area (Å²) in [6.45, 7) is 4.19. The Morgan fingerprint density at radius 2 is 1.81 bits per heavy atom. The molecule has 0 spiro atoms. The first kappa shape index (κ1) is 13.9. The van der Waals surface area contributed by atoms with Gasteiger partial charge in [-0.3, -0.25) is 4.79 Å². The number of anilines is 1. The number of aromatic nitrogens is 1. The third-order valence-corrected chi connectivity index (χ3v) is 4.49. The molecule has 2 N–H and O–H groups in total. The number of nitrogens with two attached hydrogens (primary N) is 1. The molecule has 0 bridgehead atoms. The fourth-order valence-electron chi connectivity index (χ4n) is 3.41. The highest BCUT2D eigenvalue weighted by molar-refractivity contribution is 5.66. The van der Waals surface area contributed by atoms with E-state index < -0.39 is 0 Å². The predicted octanol–water partition coefficient (Wildman–Crippen LogP) is 3.83. The average molecular weight is 282 g/mol. The molecule has 21 heavy (non-hydrogen) atoms. The van der Waals surface area contributed by atoms with Gasteiger partial charge in [-0.2, -0.15) is 0 Å². The Labute approximate surface area is 125 Å². The normalized spacial score (nSPS) is 15.5. The van der Waals surface area contributed by atoms with Crippen molar-refractivity contribution in [2.24, 2.45) is 0 Å². The van der Waals surface area contributed by atoms with Crippen LogP contribution in [0.4, 0.5) is 5.69 Å². The van der Waals surface area contributed by atoms with E-state index in [0.717, 1.165) is 24.1 Å². The minimum atomic E-state index is -0.0422. The van der Waals surface area contributed by atoms with Gasteiger partial charge in [-0.15, -0.1) is 0 Å². The first-order valence-electron chi connectivity index (χ1n) is 7.66. The zero-order valence-corrected chi connectivity index (χ0v) is 12.7. The van der Waals surface area contributed by atoms with E-state index in [4.69, 9.17) is 5.73 Å². The van der Waals surface area contributed by atoms with Crippen LogP contribution < -0.4 is 11.3 Å². The van der Waals surface area contributed by atoms with Gasteiger partial charge in [-0.25, -0.2) is 0 Å². The lowest BCUT2D eigenvalue weighted by atomic mass is 10.0. The second-order valence-electron chi connectivity index (χ2n) is 6.11. The van der Waals surface area contributed by atoms with Crippen molar-refractivity contribution in [3.05, 3.63) is 51.8 Å². The van der Waals surface area contributed by atoms with Crippen molar-refractivity contribution in [3.8, 4) is 11.3 Å². The average Bonchev–Trinajstić information content (AvgIpc) is 2.96. The van der Waals surface area contributed by atoms with Crippen LogP contribution in [0.3, 0.4) is 0 Å². The number of aryl methyl sites for hydroxylation is 2. The number of nitrogen functional groups attached to an aromatic ring is 1. The highest BCUT2D eigenvalue weighted by Gasteiger charge is 2.22. The summed E-state index contributed by atoms with van der Waals surface area (Å²) < 4.78 is 1.93. The van der Waals surface area contributed by atoms with E-state index in [2.05, 4.69) is 32.0 Å². The summed E-state index contributed by atoms with van der Waals surface area (Å²) in [6.07, 6.45) is 4.53. The summed E-state index contributed by atoms with van der Waals surface area (Å²) >= 11 is 0. The number of benzene rings is 1. The van der Waals surface area contributed by atoms with Crippen molar-refractivity contribution in [2.75, 3.05) is 5.73 Å². The van der Waals surface area contributed by atoms with Crippen molar-refractivity contribution < 1.29 is 0 Å². The molecule has 0 aliphatic heterocycles. The van der Waals surface area contributed by atoms with E-state index in [-0.39, 0.29) is 11.6 Å². The van der Waals surface area contributed by atoms with Gasteiger partial charge in [0, 0.05) is 11.6 Å². The first-order chi connectivity index (χ1) is 10.1. The molecule has 1 saturated carbocycles. The molecule has 1 aromatic carbocycles. The Hall–Kier alpha value is -2.03. The summed E-state index contributed by atoms with van der Waals surface area (Å²) in [5.74, 6) is 0. The van der Waals surface area contributed by atoms with E-state index in [1.807, 2.05) is 10.6 Å². The quantitative estimate of drug-likeness (QED) is 0.910. The molecular formula is C18H22N2O. The summed E-state index contributed by atoms with van der Waals surface area (Å²) in [6, 6.07) is 10.4. The van der Waals surface area contributed by atoms with Gasteiger partial charge in [0.15, 0.2) is 0 Å². The minimum Gasteiger partial charge on any atom is -0.394 e. The molecule has 1 aromatic heterocycles. The maximum Gasteiger partial charge on any atom is 0.274 e. The number of rotatable bonds is 2. The second kappa shape index (κ2) is 5.40. The van der Waals surface area contributed by atoms with Gasteiger partial charge >= 0.3 is 0 Å². The Morgan fingerprint density at radius 3 is 2.48 bits per heavy atom. The van der Waals surface area contributed by atoms with Crippen molar-refractivity contribution in [1.82, 2.24) is 4.57 Å². The smallest absolute Gasteiger partial charge is 0.274 e. The molecule has 1 aliphatic rings. The fraction of sp³-hybridized carbons (Fsp3) is 0.389. The van der Waals surface area contributed by atoms with E-state index in [9.17, 15) is 4.79 Å². The standard InChI is InChI=1S/C18H22N2O/c1-12-7-8-15(13(2)11-12)17-10-9-16(19)18(21)20(17)14-5-3-4-6-14/h7-11,14H,3-6,19H2,1-2H3. The molecule has 2 aromatic rings. The molecular weight excluding hydrogens is 260 g/mol. The predicted molar refractivity (Wildman–Crippen MR) is 87.5 cm³/mol. The SMILES string of the molecule is Cc1ccc(-c2ccc(N)c(=O)n2C2CCCC2)c(C)c1. The molecule has 1 aliphatic carbocycles. The largest absolute Gasteiger partial charge is 0.394 e. The van der Waals surface area contributed by atoms with Crippen molar-refractivity contribution >= 4 is 5.69 Å². The lowest BCUT2D eigenvalue weighted by molar-refractivity contribution is 0.509. The fourth-order valence-corrected chi connectivity index (χ4v) is 3.41. The maximum atomic E-state index is 12.6. The molecule has 3 rings (SSSR count). The number of pyridine rings is 1. The van der Waals surface area contributed by atoms with Crippen molar-refractivity contribution in [2.45, 2.75) is 45.6 Å². The van der Waals surface area contributed by atoms with Gasteiger partial charge in [0.2, 0.25) is 0 Å². The molecule has 0 amide bonds. The lowest BCUT2D eigenvalue weighted by Crippen LogP contribution is -2.27. The van der Waals surface area contributed by atoms with Crippen LogP contribution in [-0.4, -0.2) is 4.57 Å². The zero-order valence-electron chi connectivity index (χ0n) is 12.7. The van der Waals surface area contributed by atoms with Gasteiger partial charge in [0.25, 0.3) is 5.56 Å². The van der Waals surface area contributed by atoms with Crippen LogP contribution in [-0.2, 0) is 0 Å². The molecule has 0 unspecified atom stereocenters. The maximum absolute atomic E-state index is 12.6. The van der Waals surface area contributed by atoms with Gasteiger partial charge in [-0.05, 0) is 44.4 Å². The number of hydrogen-bond acceptors (Lipinski definition) is 2. The Balaban J connectivity index is 2.22. The number of hydrogen-bond donors (Lipinski definition) is 1. The van der Waals surface area contributed by atoms with E-state index in [0.29, 0.717) is 5.69 Å². The van der Waals surface area contributed by atoms with Crippen molar-refractivity contribution in [1.29, 1.82) is 0 Å². The molecule has 3 heteroatoms. The van der Waals surface area contributed by atoms with Crippen molar-refractivity contribution in [3.63, 3.8) is 0 Å². The summed E-state index contributed by atoms with van der Waals surface area (Å²) in [5, 5.41) is 0. The minimum absolute atomic E-state index is 0.0422. The van der Waals surface area contributed by atoms with Gasteiger partial charge < -0.3 is 10.3 Å². The van der Waals surface area contributed by atoms with Gasteiger partial charge in [-0.1, -0.05) is 36.6 Å². The van der Waals surface area contributed by atoms with E-state index >= 15 is 0 Å². The second-order valence-corrected chi connectivity index (χ2v) is 6.11. The third-order valence-electron chi connectivity index (χ3n) is 4.49. The van der Waals surface area contributed by atoms with Crippen LogP contribution in [0.15, 0.2) is 35.1 Å². The molecule has 1 heterocycles. The van der Waals surface area contributed by atoms with Crippen LogP contribution in [0.2, 0.25) is 0 Å². The Kier molecular flexibility index (Phi) is 3.58. The highest BCUT2D eigenvalue weighted by atomic mass is 16.1. The third kappa shape index (κ3) is 2.48. The molecule has 110 valence electrons. The molecule has 0 saturated heterocycles. The van der Waals surface area contributed by atoms with E-state index in [1.54, 1.807) is 6.07 Å². The Morgan fingerprint density at radius 1 is 1.10 bits per heavy atom. The van der Waals surface area contributed by atoms with Crippen LogP contribution in [0.5, 0.6) is 0 Å². The number of nitrogens with zero attached hydrogens (tertiary/aromatic N) is 1.